The molecule has 2 aromatic carbocycles. The molecule has 0 saturated carbocycles. The zero-order valence-electron chi connectivity index (χ0n) is 12.8. The van der Waals surface area contributed by atoms with Crippen LogP contribution in [-0.4, -0.2) is 15.0 Å². The number of fused-ring (bicyclic) bond motifs is 2. The molecule has 1 aliphatic heterocycles. The molecule has 4 rings (SSSR count). The summed E-state index contributed by atoms with van der Waals surface area (Å²) in [6.45, 7) is 1.76. The van der Waals surface area contributed by atoms with Crippen LogP contribution in [0, 0.1) is 0 Å². The minimum atomic E-state index is -3.58. The highest BCUT2D eigenvalue weighted by molar-refractivity contribution is 7.93. The number of hydrogen-bond acceptors (Lipinski definition) is 4. The monoisotopic (exact) mass is 380 g/mol. The quantitative estimate of drug-likeness (QED) is 0.727. The normalized spacial score (nSPS) is 14.0. The first kappa shape index (κ1) is 17.2. The van der Waals surface area contributed by atoms with Crippen molar-refractivity contribution in [2.75, 3.05) is 11.3 Å². The lowest BCUT2D eigenvalue weighted by atomic mass is 10.0. The highest BCUT2D eigenvalue weighted by atomic mass is 35.5. The Bertz CT molecular complexity index is 983. The van der Waals surface area contributed by atoms with Crippen LogP contribution in [0.3, 0.4) is 0 Å². The molecule has 0 atom stereocenters. The summed E-state index contributed by atoms with van der Waals surface area (Å²) in [6.07, 6.45) is 0.984. The van der Waals surface area contributed by atoms with E-state index in [1.165, 1.54) is 16.9 Å². The van der Waals surface area contributed by atoms with Crippen molar-refractivity contribution in [2.24, 2.45) is 0 Å². The van der Waals surface area contributed by atoms with Gasteiger partial charge in [-0.1, -0.05) is 24.3 Å². The van der Waals surface area contributed by atoms with Crippen molar-refractivity contribution in [3.8, 4) is 0 Å². The highest BCUT2D eigenvalue weighted by Gasteiger charge is 2.19. The molecular weight excluding hydrogens is 364 g/mol. The molecule has 0 radical (unpaired) electrons. The SMILES string of the molecule is Cl.O=S(=O)(Nc1ccc2c(c1)CNCC2)c1csc2ccccc12. The summed E-state index contributed by atoms with van der Waals surface area (Å²) in [5, 5.41) is 5.78. The van der Waals surface area contributed by atoms with Crippen LogP contribution in [0.1, 0.15) is 11.1 Å². The molecule has 0 amide bonds. The Hall–Kier alpha value is -1.60. The van der Waals surface area contributed by atoms with Crippen LogP contribution in [0.25, 0.3) is 10.1 Å². The van der Waals surface area contributed by atoms with Crippen LogP contribution in [0.4, 0.5) is 5.69 Å². The molecule has 0 unspecified atom stereocenters. The van der Waals surface area contributed by atoms with E-state index < -0.39 is 10.0 Å². The topological polar surface area (TPSA) is 58.2 Å². The third kappa shape index (κ3) is 3.15. The Morgan fingerprint density at radius 2 is 1.92 bits per heavy atom. The Kier molecular flexibility index (Phi) is 4.83. The van der Waals surface area contributed by atoms with E-state index in [-0.39, 0.29) is 12.4 Å². The van der Waals surface area contributed by atoms with Gasteiger partial charge in [-0.05, 0) is 42.3 Å². The van der Waals surface area contributed by atoms with Crippen LogP contribution < -0.4 is 10.0 Å². The first-order valence-electron chi connectivity index (χ1n) is 7.45. The van der Waals surface area contributed by atoms with Crippen LogP contribution in [0.2, 0.25) is 0 Å². The van der Waals surface area contributed by atoms with Crippen LogP contribution in [0.15, 0.2) is 52.7 Å². The lowest BCUT2D eigenvalue weighted by Crippen LogP contribution is -2.23. The van der Waals surface area contributed by atoms with Gasteiger partial charge in [0.05, 0.1) is 0 Å². The van der Waals surface area contributed by atoms with E-state index >= 15 is 0 Å². The second-order valence-electron chi connectivity index (χ2n) is 5.61. The van der Waals surface area contributed by atoms with Gasteiger partial charge >= 0.3 is 0 Å². The van der Waals surface area contributed by atoms with Gasteiger partial charge in [-0.25, -0.2) is 8.42 Å². The summed E-state index contributed by atoms with van der Waals surface area (Å²) in [5.41, 5.74) is 3.06. The van der Waals surface area contributed by atoms with Crippen LogP contribution in [0.5, 0.6) is 0 Å². The second kappa shape index (κ2) is 6.72. The summed E-state index contributed by atoms with van der Waals surface area (Å²) in [5.74, 6) is 0. The lowest BCUT2D eigenvalue weighted by molar-refractivity contribution is 0.602. The van der Waals surface area contributed by atoms with E-state index in [1.54, 1.807) is 5.38 Å². The number of thiophene rings is 1. The predicted molar refractivity (Wildman–Crippen MR) is 102 cm³/mol. The number of benzene rings is 2. The number of sulfonamides is 1. The summed E-state index contributed by atoms with van der Waals surface area (Å²) < 4.78 is 29.1. The van der Waals surface area contributed by atoms with E-state index in [0.29, 0.717) is 10.6 Å². The van der Waals surface area contributed by atoms with E-state index in [0.717, 1.165) is 35.2 Å². The van der Waals surface area contributed by atoms with Crippen molar-refractivity contribution in [1.29, 1.82) is 0 Å². The van der Waals surface area contributed by atoms with Crippen LogP contribution in [-0.2, 0) is 23.0 Å². The van der Waals surface area contributed by atoms with Gasteiger partial charge in [0.15, 0.2) is 0 Å². The molecule has 1 aromatic heterocycles. The van der Waals surface area contributed by atoms with Gasteiger partial charge in [-0.3, -0.25) is 4.72 Å². The molecule has 7 heteroatoms. The third-order valence-corrected chi connectivity index (χ3v) is 6.61. The summed E-state index contributed by atoms with van der Waals surface area (Å²) in [4.78, 5) is 0.342. The molecule has 0 saturated heterocycles. The lowest BCUT2D eigenvalue weighted by Gasteiger charge is -2.18. The molecule has 0 fully saturated rings. The van der Waals surface area contributed by atoms with Gasteiger partial charge < -0.3 is 5.32 Å². The van der Waals surface area contributed by atoms with Gasteiger partial charge in [0.2, 0.25) is 0 Å². The number of rotatable bonds is 3. The largest absolute Gasteiger partial charge is 0.312 e. The van der Waals surface area contributed by atoms with Gasteiger partial charge in [0.1, 0.15) is 4.90 Å². The molecule has 24 heavy (non-hydrogen) atoms. The van der Waals surface area contributed by atoms with E-state index in [4.69, 9.17) is 0 Å². The molecule has 4 nitrogen and oxygen atoms in total. The number of halogens is 1. The Balaban J connectivity index is 0.00000169. The molecular formula is C17H17ClN2O2S2. The molecule has 2 heterocycles. The first-order chi connectivity index (χ1) is 11.1. The fraction of sp³-hybridized carbons (Fsp3) is 0.176. The molecule has 3 aromatic rings. The third-order valence-electron chi connectivity index (χ3n) is 4.08. The van der Waals surface area contributed by atoms with Gasteiger partial charge in [0.25, 0.3) is 10.0 Å². The Morgan fingerprint density at radius 1 is 1.08 bits per heavy atom. The molecule has 1 aliphatic rings. The van der Waals surface area contributed by atoms with E-state index in [1.807, 2.05) is 42.5 Å². The predicted octanol–water partition coefficient (Wildman–Crippen LogP) is 3.77. The van der Waals surface area contributed by atoms with Crippen molar-refractivity contribution < 1.29 is 8.42 Å². The van der Waals surface area contributed by atoms with Crippen LogP contribution >= 0.6 is 23.7 Å². The fourth-order valence-corrected chi connectivity index (χ4v) is 5.47. The maximum Gasteiger partial charge on any atom is 0.263 e. The zero-order chi connectivity index (χ0) is 15.9. The highest BCUT2D eigenvalue weighted by Crippen LogP contribution is 2.30. The number of hydrogen-bond donors (Lipinski definition) is 2. The number of nitrogens with one attached hydrogen (secondary N) is 2. The average Bonchev–Trinajstić information content (AvgIpc) is 2.99. The molecule has 0 aliphatic carbocycles. The minimum absolute atomic E-state index is 0. The average molecular weight is 381 g/mol. The van der Waals surface area contributed by atoms with Gasteiger partial charge in [0, 0.05) is 27.7 Å². The summed E-state index contributed by atoms with van der Waals surface area (Å²) in [6, 6.07) is 13.3. The van der Waals surface area contributed by atoms with Crippen molar-refractivity contribution >= 4 is 49.5 Å². The summed E-state index contributed by atoms with van der Waals surface area (Å²) >= 11 is 1.45. The number of anilines is 1. The fourth-order valence-electron chi connectivity index (χ4n) is 2.92. The van der Waals surface area contributed by atoms with E-state index in [9.17, 15) is 8.42 Å². The minimum Gasteiger partial charge on any atom is -0.312 e. The van der Waals surface area contributed by atoms with Crippen molar-refractivity contribution in [3.63, 3.8) is 0 Å². The molecule has 2 N–H and O–H groups in total. The maximum atomic E-state index is 12.7. The van der Waals surface area contributed by atoms with Crippen molar-refractivity contribution in [2.45, 2.75) is 17.9 Å². The molecule has 126 valence electrons. The summed E-state index contributed by atoms with van der Waals surface area (Å²) in [7, 11) is -3.58. The maximum absolute atomic E-state index is 12.7. The molecule has 0 spiro atoms. The second-order valence-corrected chi connectivity index (χ2v) is 8.17. The smallest absolute Gasteiger partial charge is 0.263 e. The Morgan fingerprint density at radius 3 is 2.79 bits per heavy atom. The van der Waals surface area contributed by atoms with Crippen molar-refractivity contribution in [1.82, 2.24) is 5.32 Å². The van der Waals surface area contributed by atoms with E-state index in [2.05, 4.69) is 10.0 Å². The van der Waals surface area contributed by atoms with Crippen molar-refractivity contribution in [3.05, 3.63) is 59.0 Å². The van der Waals surface area contributed by atoms with Gasteiger partial charge in [-0.15, -0.1) is 23.7 Å². The Labute approximate surface area is 151 Å². The molecule has 0 bridgehead atoms. The van der Waals surface area contributed by atoms with Gasteiger partial charge in [-0.2, -0.15) is 0 Å². The standard InChI is InChI=1S/C17H16N2O2S2.ClH/c20-23(21,17-11-22-16-4-2-1-3-15(16)17)19-14-6-5-12-7-8-18-10-13(12)9-14;/h1-6,9,11,18-19H,7-8,10H2;1H. The zero-order valence-corrected chi connectivity index (χ0v) is 15.2. The first-order valence-corrected chi connectivity index (χ1v) is 9.81.